The van der Waals surface area contributed by atoms with Gasteiger partial charge in [0, 0.05) is 18.3 Å². The van der Waals surface area contributed by atoms with Crippen LogP contribution < -0.4 is 10.3 Å². The highest BCUT2D eigenvalue weighted by Gasteiger charge is 2.33. The molecule has 0 bridgehead atoms. The molecule has 26 heavy (non-hydrogen) atoms. The van der Waals surface area contributed by atoms with Gasteiger partial charge in [0.25, 0.3) is 0 Å². The van der Waals surface area contributed by atoms with Gasteiger partial charge in [-0.3, -0.25) is 5.43 Å². The molecule has 2 aromatic rings. The smallest absolute Gasteiger partial charge is 0.335 e. The predicted molar refractivity (Wildman–Crippen MR) is 107 cm³/mol. The first-order valence-electron chi connectivity index (χ1n) is 8.78. The largest absolute Gasteiger partial charge is 0.478 e. The average Bonchev–Trinajstić information content (AvgIpc) is 2.60. The van der Waals surface area contributed by atoms with Gasteiger partial charge in [0.2, 0.25) is 0 Å². The zero-order chi connectivity index (χ0) is 18.9. The normalized spacial score (nSPS) is 18.6. The summed E-state index contributed by atoms with van der Waals surface area (Å²) in [6.45, 7) is 6.83. The topological polar surface area (TPSA) is 64.9 Å². The highest BCUT2D eigenvalue weighted by Crippen LogP contribution is 2.42. The van der Waals surface area contributed by atoms with Crippen LogP contribution in [0.25, 0.3) is 0 Å². The van der Waals surface area contributed by atoms with Gasteiger partial charge in [0.05, 0.1) is 17.5 Å². The highest BCUT2D eigenvalue weighted by atomic mass is 16.4. The Balaban J connectivity index is 1.74. The molecule has 1 aliphatic rings. The Bertz CT molecular complexity index is 841. The van der Waals surface area contributed by atoms with Gasteiger partial charge in [-0.2, -0.15) is 5.10 Å². The first kappa shape index (κ1) is 18.0. The summed E-state index contributed by atoms with van der Waals surface area (Å²) in [7, 11) is 2.15. The number of rotatable bonds is 4. The second kappa shape index (κ2) is 6.83. The van der Waals surface area contributed by atoms with Gasteiger partial charge < -0.3 is 10.0 Å². The Labute approximate surface area is 154 Å². The standard InChI is InChI=1S/C21H25N3O2/c1-14-12-21(2,3)24(4)19-10-5-15(11-18(14)19)13-22-23-17-8-6-16(7-9-17)20(25)26/h5-11,13-14,23H,12H2,1-4H3,(H,25,26)/b22-13+. The summed E-state index contributed by atoms with van der Waals surface area (Å²) >= 11 is 0. The lowest BCUT2D eigenvalue weighted by atomic mass is 9.80. The minimum atomic E-state index is -0.934. The molecule has 0 fully saturated rings. The minimum Gasteiger partial charge on any atom is -0.478 e. The molecular weight excluding hydrogens is 326 g/mol. The number of carboxylic acids is 1. The van der Waals surface area contributed by atoms with Crippen LogP contribution in [0.5, 0.6) is 0 Å². The van der Waals surface area contributed by atoms with Crippen LogP contribution in [-0.4, -0.2) is 29.9 Å². The monoisotopic (exact) mass is 351 g/mol. The van der Waals surface area contributed by atoms with Crippen molar-refractivity contribution in [1.82, 2.24) is 0 Å². The van der Waals surface area contributed by atoms with Gasteiger partial charge in [-0.15, -0.1) is 0 Å². The van der Waals surface area contributed by atoms with E-state index in [0.29, 0.717) is 5.92 Å². The van der Waals surface area contributed by atoms with Crippen LogP contribution in [0.3, 0.4) is 0 Å². The summed E-state index contributed by atoms with van der Waals surface area (Å²) < 4.78 is 0. The maximum atomic E-state index is 10.9. The molecule has 3 rings (SSSR count). The molecule has 1 aliphatic heterocycles. The Morgan fingerprint density at radius 2 is 1.96 bits per heavy atom. The van der Waals surface area contributed by atoms with Crippen LogP contribution in [0.2, 0.25) is 0 Å². The zero-order valence-corrected chi connectivity index (χ0v) is 15.7. The molecule has 0 saturated heterocycles. The second-order valence-corrected chi connectivity index (χ2v) is 7.55. The Morgan fingerprint density at radius 1 is 1.27 bits per heavy atom. The molecule has 2 aromatic carbocycles. The predicted octanol–water partition coefficient (Wildman–Crippen LogP) is 4.55. The molecule has 5 heteroatoms. The zero-order valence-electron chi connectivity index (χ0n) is 15.7. The number of carboxylic acid groups (broad SMARTS) is 1. The Hall–Kier alpha value is -2.82. The molecule has 1 atom stereocenters. The number of aromatic carboxylic acids is 1. The van der Waals surface area contributed by atoms with E-state index in [0.717, 1.165) is 17.7 Å². The number of benzene rings is 2. The van der Waals surface area contributed by atoms with Crippen molar-refractivity contribution in [2.24, 2.45) is 5.10 Å². The lowest BCUT2D eigenvalue weighted by Gasteiger charge is -2.45. The van der Waals surface area contributed by atoms with Crippen LogP contribution >= 0.6 is 0 Å². The summed E-state index contributed by atoms with van der Waals surface area (Å²) in [5, 5.41) is 13.2. The van der Waals surface area contributed by atoms with E-state index >= 15 is 0 Å². The summed E-state index contributed by atoms with van der Waals surface area (Å²) in [6.07, 6.45) is 2.91. The molecule has 1 heterocycles. The first-order chi connectivity index (χ1) is 12.3. The van der Waals surface area contributed by atoms with Crippen molar-refractivity contribution in [3.05, 3.63) is 59.2 Å². The van der Waals surface area contributed by atoms with E-state index in [1.54, 1.807) is 30.5 Å². The van der Waals surface area contributed by atoms with Crippen molar-refractivity contribution in [3.8, 4) is 0 Å². The third-order valence-electron chi connectivity index (χ3n) is 5.20. The molecule has 0 radical (unpaired) electrons. The van der Waals surface area contributed by atoms with Gasteiger partial charge >= 0.3 is 5.97 Å². The van der Waals surface area contributed by atoms with Gasteiger partial charge in [-0.05, 0) is 73.7 Å². The molecular formula is C21H25N3O2. The lowest BCUT2D eigenvalue weighted by molar-refractivity contribution is 0.0697. The summed E-state index contributed by atoms with van der Waals surface area (Å²) in [5.74, 6) is -0.433. The number of anilines is 2. The highest BCUT2D eigenvalue weighted by molar-refractivity contribution is 5.88. The first-order valence-corrected chi connectivity index (χ1v) is 8.78. The van der Waals surface area contributed by atoms with Crippen molar-refractivity contribution in [2.75, 3.05) is 17.4 Å². The van der Waals surface area contributed by atoms with E-state index < -0.39 is 5.97 Å². The van der Waals surface area contributed by atoms with Gasteiger partial charge in [0.15, 0.2) is 0 Å². The number of hydrazone groups is 1. The fourth-order valence-corrected chi connectivity index (χ4v) is 3.54. The lowest BCUT2D eigenvalue weighted by Crippen LogP contribution is -2.45. The molecule has 1 unspecified atom stereocenters. The molecule has 0 amide bonds. The molecule has 0 aliphatic carbocycles. The van der Waals surface area contributed by atoms with Crippen molar-refractivity contribution in [2.45, 2.75) is 38.6 Å². The number of hydrogen-bond acceptors (Lipinski definition) is 4. The quantitative estimate of drug-likeness (QED) is 0.626. The molecule has 136 valence electrons. The van der Waals surface area contributed by atoms with Gasteiger partial charge in [0.1, 0.15) is 0 Å². The van der Waals surface area contributed by atoms with Crippen LogP contribution in [0.15, 0.2) is 47.6 Å². The van der Waals surface area contributed by atoms with E-state index in [-0.39, 0.29) is 11.1 Å². The Kier molecular flexibility index (Phi) is 4.72. The second-order valence-electron chi connectivity index (χ2n) is 7.55. The summed E-state index contributed by atoms with van der Waals surface area (Å²) in [6, 6.07) is 12.9. The van der Waals surface area contributed by atoms with E-state index in [4.69, 9.17) is 5.11 Å². The average molecular weight is 351 g/mol. The van der Waals surface area contributed by atoms with E-state index in [1.807, 2.05) is 0 Å². The Morgan fingerprint density at radius 3 is 2.62 bits per heavy atom. The van der Waals surface area contributed by atoms with Crippen LogP contribution in [0.1, 0.15) is 54.6 Å². The molecule has 0 aromatic heterocycles. The maximum absolute atomic E-state index is 10.9. The molecule has 0 saturated carbocycles. The van der Waals surface area contributed by atoms with Crippen molar-refractivity contribution in [1.29, 1.82) is 0 Å². The minimum absolute atomic E-state index is 0.158. The number of fused-ring (bicyclic) bond motifs is 1. The number of hydrogen-bond donors (Lipinski definition) is 2. The summed E-state index contributed by atoms with van der Waals surface area (Å²) in [5.41, 5.74) is 7.78. The SMILES string of the molecule is CC1CC(C)(C)N(C)c2ccc(/C=N/Nc3ccc(C(=O)O)cc3)cc21. The molecule has 5 nitrogen and oxygen atoms in total. The van der Waals surface area contributed by atoms with Crippen LogP contribution in [-0.2, 0) is 0 Å². The van der Waals surface area contributed by atoms with E-state index in [1.165, 1.54) is 11.3 Å². The third kappa shape index (κ3) is 3.57. The van der Waals surface area contributed by atoms with Gasteiger partial charge in [-0.25, -0.2) is 4.79 Å². The van der Waals surface area contributed by atoms with Crippen molar-refractivity contribution < 1.29 is 9.90 Å². The summed E-state index contributed by atoms with van der Waals surface area (Å²) in [4.78, 5) is 13.2. The van der Waals surface area contributed by atoms with E-state index in [2.05, 4.69) is 61.4 Å². The number of carbonyl (C=O) groups is 1. The van der Waals surface area contributed by atoms with E-state index in [9.17, 15) is 4.79 Å². The van der Waals surface area contributed by atoms with Gasteiger partial charge in [-0.1, -0.05) is 13.0 Å². The molecule has 2 N–H and O–H groups in total. The maximum Gasteiger partial charge on any atom is 0.335 e. The third-order valence-corrected chi connectivity index (χ3v) is 5.20. The number of nitrogens with one attached hydrogen (secondary N) is 1. The fraction of sp³-hybridized carbons (Fsp3) is 0.333. The van der Waals surface area contributed by atoms with Crippen molar-refractivity contribution >= 4 is 23.6 Å². The fourth-order valence-electron chi connectivity index (χ4n) is 3.54. The number of nitrogens with zero attached hydrogens (tertiary/aromatic N) is 2. The van der Waals surface area contributed by atoms with Crippen LogP contribution in [0, 0.1) is 0 Å². The van der Waals surface area contributed by atoms with Crippen molar-refractivity contribution in [3.63, 3.8) is 0 Å². The molecule has 0 spiro atoms. The van der Waals surface area contributed by atoms with Crippen LogP contribution in [0.4, 0.5) is 11.4 Å².